The largest absolute Gasteiger partial charge is 0.372 e. The van der Waals surface area contributed by atoms with Crippen molar-refractivity contribution in [1.82, 2.24) is 5.48 Å². The number of nitro groups is 1. The Labute approximate surface area is 89.1 Å². The van der Waals surface area contributed by atoms with E-state index in [4.69, 9.17) is 0 Å². The van der Waals surface area contributed by atoms with Crippen molar-refractivity contribution in [3.05, 3.63) is 34.4 Å². The average Bonchev–Trinajstić information content (AvgIpc) is 2.25. The summed E-state index contributed by atoms with van der Waals surface area (Å²) >= 11 is 0. The van der Waals surface area contributed by atoms with Crippen LogP contribution < -0.4 is 16.1 Å². The van der Waals surface area contributed by atoms with Gasteiger partial charge in [-0.3, -0.25) is 19.7 Å². The maximum Gasteiger partial charge on any atom is 0.341 e. The Morgan fingerprint density at radius 3 is 2.56 bits per heavy atom. The molecular formula is C8H7N3O5. The zero-order chi connectivity index (χ0) is 12.1. The van der Waals surface area contributed by atoms with E-state index < -0.39 is 16.7 Å². The third-order valence-electron chi connectivity index (χ3n) is 1.54. The molecule has 2 amide bonds. The van der Waals surface area contributed by atoms with Crippen molar-refractivity contribution in [3.8, 4) is 5.75 Å². The number of rotatable bonds is 3. The van der Waals surface area contributed by atoms with Gasteiger partial charge in [-0.2, -0.15) is 5.48 Å². The smallest absolute Gasteiger partial charge is 0.341 e. The molecule has 0 spiro atoms. The Hall–Kier alpha value is -2.64. The number of benzene rings is 1. The lowest BCUT2D eigenvalue weighted by Crippen LogP contribution is -2.38. The maximum atomic E-state index is 10.7. The van der Waals surface area contributed by atoms with Crippen molar-refractivity contribution in [1.29, 1.82) is 0 Å². The third-order valence-corrected chi connectivity index (χ3v) is 1.54. The van der Waals surface area contributed by atoms with E-state index in [1.807, 2.05) is 0 Å². The molecule has 0 unspecified atom stereocenters. The van der Waals surface area contributed by atoms with Gasteiger partial charge in [0, 0.05) is 6.07 Å². The van der Waals surface area contributed by atoms with Crippen LogP contribution in [0.4, 0.5) is 5.69 Å². The second-order valence-corrected chi connectivity index (χ2v) is 2.62. The van der Waals surface area contributed by atoms with Crippen LogP contribution in [-0.4, -0.2) is 16.7 Å². The van der Waals surface area contributed by atoms with E-state index in [2.05, 4.69) is 10.6 Å². The number of nitrogens with one attached hydrogen (secondary N) is 1. The number of para-hydroxylation sites is 2. The molecule has 0 radical (unpaired) electrons. The minimum absolute atomic E-state index is 0.192. The van der Waals surface area contributed by atoms with Crippen LogP contribution in [-0.2, 0) is 9.59 Å². The first-order valence-electron chi connectivity index (χ1n) is 4.02. The monoisotopic (exact) mass is 225 g/mol. The number of carbonyl (C=O) groups is 2. The van der Waals surface area contributed by atoms with Gasteiger partial charge in [-0.05, 0) is 6.07 Å². The van der Waals surface area contributed by atoms with Crippen LogP contribution >= 0.6 is 0 Å². The Morgan fingerprint density at radius 1 is 1.38 bits per heavy atom. The fourth-order valence-electron chi connectivity index (χ4n) is 0.846. The lowest BCUT2D eigenvalue weighted by molar-refractivity contribution is -0.386. The zero-order valence-corrected chi connectivity index (χ0v) is 7.88. The van der Waals surface area contributed by atoms with Crippen LogP contribution in [0.15, 0.2) is 24.3 Å². The predicted molar refractivity (Wildman–Crippen MR) is 51.1 cm³/mol. The summed E-state index contributed by atoms with van der Waals surface area (Å²) in [4.78, 5) is 35.5. The standard InChI is InChI=1S/C8H7N3O5/c9-7(12)8(13)10-16-6-4-2-1-3-5(6)11(14)15/h1-4H,(H2,9,12)(H,10,13). The second-order valence-electron chi connectivity index (χ2n) is 2.62. The average molecular weight is 225 g/mol. The van der Waals surface area contributed by atoms with Gasteiger partial charge < -0.3 is 10.6 Å². The number of hydrogen-bond acceptors (Lipinski definition) is 5. The molecule has 8 nitrogen and oxygen atoms in total. The molecule has 1 aromatic carbocycles. The summed E-state index contributed by atoms with van der Waals surface area (Å²) in [6, 6.07) is 5.35. The molecule has 0 bridgehead atoms. The fraction of sp³-hybridized carbons (Fsp3) is 0. The molecular weight excluding hydrogens is 218 g/mol. The summed E-state index contributed by atoms with van der Waals surface area (Å²) in [6.07, 6.45) is 0. The molecule has 0 atom stereocenters. The Kier molecular flexibility index (Phi) is 3.38. The third kappa shape index (κ3) is 2.67. The quantitative estimate of drug-likeness (QED) is 0.407. The number of nitro benzene ring substituents is 1. The molecule has 0 fully saturated rings. The first-order chi connectivity index (χ1) is 7.52. The highest BCUT2D eigenvalue weighted by Gasteiger charge is 2.16. The van der Waals surface area contributed by atoms with Gasteiger partial charge in [0.2, 0.25) is 5.75 Å². The molecule has 16 heavy (non-hydrogen) atoms. The number of primary amides is 1. The first-order valence-corrected chi connectivity index (χ1v) is 4.02. The first kappa shape index (κ1) is 11.4. The van der Waals surface area contributed by atoms with Gasteiger partial charge in [0.15, 0.2) is 0 Å². The van der Waals surface area contributed by atoms with E-state index in [1.54, 1.807) is 5.48 Å². The highest BCUT2D eigenvalue weighted by molar-refractivity contribution is 6.34. The molecule has 1 aromatic rings. The SMILES string of the molecule is NC(=O)C(=O)NOc1ccccc1[N+](=O)[O-]. The van der Waals surface area contributed by atoms with E-state index >= 15 is 0 Å². The summed E-state index contributed by atoms with van der Waals surface area (Å²) < 4.78 is 0. The Balaban J connectivity index is 2.78. The number of nitrogens with zero attached hydrogens (tertiary/aromatic N) is 1. The predicted octanol–water partition coefficient (Wildman–Crippen LogP) is -0.510. The van der Waals surface area contributed by atoms with Crippen LogP contribution in [0.3, 0.4) is 0 Å². The molecule has 8 heteroatoms. The summed E-state index contributed by atoms with van der Waals surface area (Å²) in [5.74, 6) is -2.64. The van der Waals surface area contributed by atoms with Crippen molar-refractivity contribution in [2.75, 3.05) is 0 Å². The Morgan fingerprint density at radius 2 is 2.00 bits per heavy atom. The number of nitrogens with two attached hydrogens (primary N) is 1. The minimum atomic E-state index is -1.25. The van der Waals surface area contributed by atoms with Gasteiger partial charge in [0.05, 0.1) is 4.92 Å². The number of carbonyl (C=O) groups excluding carboxylic acids is 2. The van der Waals surface area contributed by atoms with Crippen molar-refractivity contribution in [2.24, 2.45) is 5.73 Å². The number of hydroxylamine groups is 1. The molecule has 3 N–H and O–H groups in total. The molecule has 0 saturated carbocycles. The maximum absolute atomic E-state index is 10.7. The fourth-order valence-corrected chi connectivity index (χ4v) is 0.846. The van der Waals surface area contributed by atoms with Crippen LogP contribution in [0.1, 0.15) is 0 Å². The molecule has 0 aliphatic rings. The van der Waals surface area contributed by atoms with Gasteiger partial charge in [-0.25, -0.2) is 0 Å². The van der Waals surface area contributed by atoms with Crippen LogP contribution in [0, 0.1) is 10.1 Å². The lowest BCUT2D eigenvalue weighted by atomic mass is 10.3. The highest BCUT2D eigenvalue weighted by Crippen LogP contribution is 2.24. The second kappa shape index (κ2) is 4.73. The molecule has 0 saturated heterocycles. The van der Waals surface area contributed by atoms with Crippen molar-refractivity contribution in [3.63, 3.8) is 0 Å². The molecule has 0 aliphatic heterocycles. The zero-order valence-electron chi connectivity index (χ0n) is 7.88. The van der Waals surface area contributed by atoms with E-state index in [0.717, 1.165) is 0 Å². The van der Waals surface area contributed by atoms with E-state index in [9.17, 15) is 19.7 Å². The molecule has 0 aliphatic carbocycles. The topological polar surface area (TPSA) is 125 Å². The van der Waals surface area contributed by atoms with Gasteiger partial charge in [0.25, 0.3) is 0 Å². The normalized spacial score (nSPS) is 9.25. The van der Waals surface area contributed by atoms with Crippen molar-refractivity contribution >= 4 is 17.5 Å². The van der Waals surface area contributed by atoms with Crippen LogP contribution in [0.2, 0.25) is 0 Å². The lowest BCUT2D eigenvalue weighted by Gasteiger charge is -2.04. The van der Waals surface area contributed by atoms with E-state index in [0.29, 0.717) is 0 Å². The summed E-state index contributed by atoms with van der Waals surface area (Å²) in [7, 11) is 0. The molecule has 84 valence electrons. The van der Waals surface area contributed by atoms with Crippen LogP contribution in [0.5, 0.6) is 5.75 Å². The molecule has 1 rings (SSSR count). The minimum Gasteiger partial charge on any atom is -0.372 e. The van der Waals surface area contributed by atoms with Gasteiger partial charge in [-0.15, -0.1) is 0 Å². The van der Waals surface area contributed by atoms with Crippen LogP contribution in [0.25, 0.3) is 0 Å². The summed E-state index contributed by atoms with van der Waals surface area (Å²) in [5, 5.41) is 10.5. The molecule has 0 heterocycles. The Bertz CT molecular complexity index is 445. The van der Waals surface area contributed by atoms with Gasteiger partial charge in [-0.1, -0.05) is 12.1 Å². The van der Waals surface area contributed by atoms with Crippen molar-refractivity contribution in [2.45, 2.75) is 0 Å². The number of amides is 2. The van der Waals surface area contributed by atoms with Crippen molar-refractivity contribution < 1.29 is 19.3 Å². The van der Waals surface area contributed by atoms with E-state index in [-0.39, 0.29) is 11.4 Å². The summed E-state index contributed by atoms with van der Waals surface area (Å²) in [6.45, 7) is 0. The van der Waals surface area contributed by atoms with Gasteiger partial charge in [0.1, 0.15) is 0 Å². The van der Waals surface area contributed by atoms with Gasteiger partial charge >= 0.3 is 17.5 Å². The molecule has 0 aromatic heterocycles. The highest BCUT2D eigenvalue weighted by atomic mass is 16.7. The summed E-state index contributed by atoms with van der Waals surface area (Å²) in [5.41, 5.74) is 5.97. The van der Waals surface area contributed by atoms with E-state index in [1.165, 1.54) is 24.3 Å². The number of hydrogen-bond donors (Lipinski definition) is 2.